The van der Waals surface area contributed by atoms with E-state index >= 15 is 0 Å². The molecule has 1 unspecified atom stereocenters. The summed E-state index contributed by atoms with van der Waals surface area (Å²) in [6, 6.07) is 5.95. The van der Waals surface area contributed by atoms with E-state index in [1.54, 1.807) is 7.11 Å². The Kier molecular flexibility index (Phi) is 6.95. The number of benzene rings is 1. The molecule has 0 heterocycles. The molecule has 0 aliphatic heterocycles. The fourth-order valence-corrected chi connectivity index (χ4v) is 2.30. The van der Waals surface area contributed by atoms with Crippen molar-refractivity contribution in [3.63, 3.8) is 0 Å². The molecule has 100 valence electrons. The van der Waals surface area contributed by atoms with Gasteiger partial charge in [0.15, 0.2) is 0 Å². The molecule has 6 heteroatoms. The molecule has 0 aromatic heterocycles. The average Bonchev–Trinajstić information content (AvgIpc) is 2.30. The van der Waals surface area contributed by atoms with Crippen LogP contribution in [0, 0.1) is 3.57 Å². The molecule has 0 fully saturated rings. The summed E-state index contributed by atoms with van der Waals surface area (Å²) in [6.45, 7) is 2.66. The number of hydrogen-bond donors (Lipinski definition) is 2. The fraction of sp³-hybridized carbons (Fsp3) is 0.417. The minimum atomic E-state index is -0.0506. The summed E-state index contributed by atoms with van der Waals surface area (Å²) in [5.74, 6) is -0.0506. The van der Waals surface area contributed by atoms with Crippen LogP contribution >= 0.6 is 38.5 Å². The standard InChI is InChI=1S/C12H16BrIN2O2/c1-8(7-18-2)16-12(17)6-15-11-5-9(14)3-4-10(11)13/h3-5,8,15H,6-7H2,1-2H3,(H,16,17). The Balaban J connectivity index is 2.45. The molecule has 4 nitrogen and oxygen atoms in total. The van der Waals surface area contributed by atoms with E-state index in [0.29, 0.717) is 6.61 Å². The van der Waals surface area contributed by atoms with Gasteiger partial charge >= 0.3 is 0 Å². The van der Waals surface area contributed by atoms with Gasteiger partial charge in [0, 0.05) is 26.9 Å². The molecule has 1 rings (SSSR count). The molecule has 2 N–H and O–H groups in total. The van der Waals surface area contributed by atoms with Gasteiger partial charge in [-0.3, -0.25) is 4.79 Å². The Bertz CT molecular complexity index is 415. The van der Waals surface area contributed by atoms with Crippen molar-refractivity contribution in [3.8, 4) is 0 Å². The lowest BCUT2D eigenvalue weighted by molar-refractivity contribution is -0.120. The van der Waals surface area contributed by atoms with Gasteiger partial charge in [0.2, 0.25) is 5.91 Å². The molecular weight excluding hydrogens is 411 g/mol. The molecule has 0 bridgehead atoms. The smallest absolute Gasteiger partial charge is 0.239 e. The van der Waals surface area contributed by atoms with Gasteiger partial charge < -0.3 is 15.4 Å². The van der Waals surface area contributed by atoms with E-state index in [0.717, 1.165) is 13.7 Å². The van der Waals surface area contributed by atoms with Crippen molar-refractivity contribution in [1.29, 1.82) is 0 Å². The van der Waals surface area contributed by atoms with Gasteiger partial charge in [0.05, 0.1) is 13.2 Å². The van der Waals surface area contributed by atoms with E-state index in [-0.39, 0.29) is 18.5 Å². The second-order valence-corrected chi connectivity index (χ2v) is 6.00. The SMILES string of the molecule is COCC(C)NC(=O)CNc1cc(I)ccc1Br. The van der Waals surface area contributed by atoms with E-state index in [1.807, 2.05) is 25.1 Å². The third-order valence-electron chi connectivity index (χ3n) is 2.19. The zero-order valence-corrected chi connectivity index (χ0v) is 14.0. The van der Waals surface area contributed by atoms with Gasteiger partial charge in [-0.05, 0) is 63.6 Å². The molecular formula is C12H16BrIN2O2. The topological polar surface area (TPSA) is 50.4 Å². The summed E-state index contributed by atoms with van der Waals surface area (Å²) in [7, 11) is 1.62. The Labute approximate surface area is 129 Å². The van der Waals surface area contributed by atoms with Crippen LogP contribution in [0.15, 0.2) is 22.7 Å². The summed E-state index contributed by atoms with van der Waals surface area (Å²) in [4.78, 5) is 11.7. The van der Waals surface area contributed by atoms with E-state index in [2.05, 4.69) is 49.2 Å². The van der Waals surface area contributed by atoms with E-state index in [1.165, 1.54) is 0 Å². The fourth-order valence-electron chi connectivity index (χ4n) is 1.43. The minimum absolute atomic E-state index is 0.0173. The highest BCUT2D eigenvalue weighted by Gasteiger charge is 2.07. The number of carbonyl (C=O) groups excluding carboxylic acids is 1. The second kappa shape index (κ2) is 7.96. The van der Waals surface area contributed by atoms with Crippen LogP contribution in [0.3, 0.4) is 0 Å². The highest BCUT2D eigenvalue weighted by Crippen LogP contribution is 2.23. The first-order chi connectivity index (χ1) is 8.52. The van der Waals surface area contributed by atoms with Crippen molar-refractivity contribution < 1.29 is 9.53 Å². The molecule has 0 aliphatic carbocycles. The van der Waals surface area contributed by atoms with Gasteiger partial charge in [-0.15, -0.1) is 0 Å². The molecule has 1 aromatic carbocycles. The number of methoxy groups -OCH3 is 1. The summed E-state index contributed by atoms with van der Waals surface area (Å²) in [5, 5.41) is 5.94. The number of amides is 1. The zero-order chi connectivity index (χ0) is 13.5. The van der Waals surface area contributed by atoms with Crippen molar-refractivity contribution in [3.05, 3.63) is 26.2 Å². The third kappa shape index (κ3) is 5.53. The predicted molar refractivity (Wildman–Crippen MR) is 84.8 cm³/mol. The zero-order valence-electron chi connectivity index (χ0n) is 10.3. The molecule has 0 saturated carbocycles. The quantitative estimate of drug-likeness (QED) is 0.687. The van der Waals surface area contributed by atoms with Crippen molar-refractivity contribution in [2.45, 2.75) is 13.0 Å². The van der Waals surface area contributed by atoms with Gasteiger partial charge in [-0.25, -0.2) is 0 Å². The summed E-state index contributed by atoms with van der Waals surface area (Å²) >= 11 is 5.67. The number of rotatable bonds is 6. The van der Waals surface area contributed by atoms with Crippen molar-refractivity contribution in [1.82, 2.24) is 5.32 Å². The lowest BCUT2D eigenvalue weighted by atomic mass is 10.3. The molecule has 1 amide bonds. The number of nitrogens with one attached hydrogen (secondary N) is 2. The van der Waals surface area contributed by atoms with Gasteiger partial charge in [0.1, 0.15) is 0 Å². The molecule has 0 spiro atoms. The molecule has 0 saturated heterocycles. The first-order valence-electron chi connectivity index (χ1n) is 5.50. The van der Waals surface area contributed by atoms with Crippen LogP contribution in [-0.4, -0.2) is 32.2 Å². The van der Waals surface area contributed by atoms with Crippen LogP contribution in [-0.2, 0) is 9.53 Å². The van der Waals surface area contributed by atoms with Crippen LogP contribution in [0.4, 0.5) is 5.69 Å². The van der Waals surface area contributed by atoms with Gasteiger partial charge in [-0.1, -0.05) is 0 Å². The summed E-state index contributed by atoms with van der Waals surface area (Å²) in [5.41, 5.74) is 0.913. The van der Waals surface area contributed by atoms with Crippen molar-refractivity contribution in [2.75, 3.05) is 25.6 Å². The van der Waals surface area contributed by atoms with Crippen LogP contribution in [0.25, 0.3) is 0 Å². The number of halogens is 2. The average molecular weight is 427 g/mol. The van der Waals surface area contributed by atoms with Gasteiger partial charge in [0.25, 0.3) is 0 Å². The molecule has 1 atom stereocenters. The number of hydrogen-bond acceptors (Lipinski definition) is 3. The Hall–Kier alpha value is -0.340. The maximum absolute atomic E-state index is 11.7. The molecule has 0 radical (unpaired) electrons. The lowest BCUT2D eigenvalue weighted by Gasteiger charge is -2.14. The number of anilines is 1. The first kappa shape index (κ1) is 15.7. The summed E-state index contributed by atoms with van der Waals surface area (Å²) in [6.07, 6.45) is 0. The first-order valence-corrected chi connectivity index (χ1v) is 7.37. The number of carbonyl (C=O) groups is 1. The van der Waals surface area contributed by atoms with E-state index in [4.69, 9.17) is 4.74 Å². The largest absolute Gasteiger partial charge is 0.383 e. The van der Waals surface area contributed by atoms with Gasteiger partial charge in [-0.2, -0.15) is 0 Å². The lowest BCUT2D eigenvalue weighted by Crippen LogP contribution is -2.39. The molecule has 0 aliphatic rings. The van der Waals surface area contributed by atoms with Crippen LogP contribution in [0.5, 0.6) is 0 Å². The van der Waals surface area contributed by atoms with Crippen molar-refractivity contribution >= 4 is 50.1 Å². The highest BCUT2D eigenvalue weighted by atomic mass is 127. The minimum Gasteiger partial charge on any atom is -0.383 e. The highest BCUT2D eigenvalue weighted by molar-refractivity contribution is 14.1. The Morgan fingerprint density at radius 3 is 2.94 bits per heavy atom. The summed E-state index contributed by atoms with van der Waals surface area (Å²) < 4.78 is 7.02. The normalized spacial score (nSPS) is 12.0. The monoisotopic (exact) mass is 426 g/mol. The molecule has 18 heavy (non-hydrogen) atoms. The Morgan fingerprint density at radius 1 is 1.56 bits per heavy atom. The Morgan fingerprint density at radius 2 is 2.28 bits per heavy atom. The van der Waals surface area contributed by atoms with Crippen molar-refractivity contribution in [2.24, 2.45) is 0 Å². The van der Waals surface area contributed by atoms with Crippen LogP contribution in [0.2, 0.25) is 0 Å². The predicted octanol–water partition coefficient (Wildman–Crippen LogP) is 2.62. The molecule has 1 aromatic rings. The van der Waals surface area contributed by atoms with Crippen LogP contribution < -0.4 is 10.6 Å². The maximum Gasteiger partial charge on any atom is 0.239 e. The second-order valence-electron chi connectivity index (χ2n) is 3.90. The van der Waals surface area contributed by atoms with E-state index in [9.17, 15) is 4.79 Å². The maximum atomic E-state index is 11.7. The van der Waals surface area contributed by atoms with Crippen LogP contribution in [0.1, 0.15) is 6.92 Å². The third-order valence-corrected chi connectivity index (χ3v) is 3.55. The number of ether oxygens (including phenoxy) is 1. The van der Waals surface area contributed by atoms with E-state index < -0.39 is 0 Å².